The molecule has 1 atom stereocenters. The zero-order chi connectivity index (χ0) is 25.8. The van der Waals surface area contributed by atoms with E-state index in [0.717, 1.165) is 0 Å². The number of aromatic nitrogens is 1. The Hall–Kier alpha value is -4.91. The molecule has 7 nitrogen and oxygen atoms in total. The standard InChI is InChI=1S/C30H24N2O5/c1-36-25-16-6-5-15-24(25)28(33)26-27(32(30(35)29(26)34)19-21-11-7-8-17-31-21)20-10-9-14-23(18-20)37-22-12-3-2-4-13-22/h2-18,27,33H,19H2,1H3/b28-26-. The highest BCUT2D eigenvalue weighted by atomic mass is 16.5. The van der Waals surface area contributed by atoms with Crippen LogP contribution in [0.2, 0.25) is 0 Å². The third kappa shape index (κ3) is 4.79. The van der Waals surface area contributed by atoms with E-state index in [1.165, 1.54) is 12.0 Å². The first kappa shape index (κ1) is 23.8. The van der Waals surface area contributed by atoms with Gasteiger partial charge in [0.05, 0.1) is 36.5 Å². The molecule has 1 unspecified atom stereocenters. The molecule has 0 bridgehead atoms. The molecule has 0 radical (unpaired) electrons. The first-order valence-corrected chi connectivity index (χ1v) is 11.7. The van der Waals surface area contributed by atoms with Crippen LogP contribution in [0.1, 0.15) is 22.9 Å². The lowest BCUT2D eigenvalue weighted by Crippen LogP contribution is -2.29. The first-order chi connectivity index (χ1) is 18.1. The molecule has 5 rings (SSSR count). The lowest BCUT2D eigenvalue weighted by Gasteiger charge is -2.25. The quantitative estimate of drug-likeness (QED) is 0.208. The van der Waals surface area contributed by atoms with Crippen molar-refractivity contribution < 1.29 is 24.2 Å². The van der Waals surface area contributed by atoms with Crippen LogP contribution in [0.25, 0.3) is 5.76 Å². The summed E-state index contributed by atoms with van der Waals surface area (Å²) in [7, 11) is 1.48. The van der Waals surface area contributed by atoms with Crippen LogP contribution in [-0.4, -0.2) is 33.8 Å². The van der Waals surface area contributed by atoms with Gasteiger partial charge in [-0.05, 0) is 54.1 Å². The van der Waals surface area contributed by atoms with Gasteiger partial charge in [-0.2, -0.15) is 0 Å². The Bertz CT molecular complexity index is 1470. The Kier molecular flexibility index (Phi) is 6.68. The van der Waals surface area contributed by atoms with Gasteiger partial charge >= 0.3 is 0 Å². The third-order valence-electron chi connectivity index (χ3n) is 6.11. The minimum Gasteiger partial charge on any atom is -0.507 e. The van der Waals surface area contributed by atoms with Gasteiger partial charge in [0.15, 0.2) is 0 Å². The number of amides is 1. The molecule has 2 heterocycles. The monoisotopic (exact) mass is 492 g/mol. The highest BCUT2D eigenvalue weighted by Gasteiger charge is 2.46. The Balaban J connectivity index is 1.64. The molecule has 37 heavy (non-hydrogen) atoms. The predicted molar refractivity (Wildman–Crippen MR) is 138 cm³/mol. The van der Waals surface area contributed by atoms with Crippen molar-refractivity contribution in [3.8, 4) is 17.2 Å². The molecule has 1 amide bonds. The van der Waals surface area contributed by atoms with Crippen LogP contribution in [0, 0.1) is 0 Å². The number of hydrogen-bond donors (Lipinski definition) is 1. The number of ketones is 1. The maximum atomic E-state index is 13.4. The summed E-state index contributed by atoms with van der Waals surface area (Å²) in [5.41, 5.74) is 1.52. The third-order valence-corrected chi connectivity index (χ3v) is 6.11. The highest BCUT2D eigenvalue weighted by Crippen LogP contribution is 2.42. The van der Waals surface area contributed by atoms with Gasteiger partial charge in [0.2, 0.25) is 0 Å². The van der Waals surface area contributed by atoms with Gasteiger partial charge < -0.3 is 19.5 Å². The van der Waals surface area contributed by atoms with Gasteiger partial charge in [0.25, 0.3) is 11.7 Å². The zero-order valence-electron chi connectivity index (χ0n) is 20.1. The molecule has 1 aliphatic heterocycles. The van der Waals surface area contributed by atoms with Gasteiger partial charge in [0, 0.05) is 6.20 Å². The number of nitrogens with zero attached hydrogens (tertiary/aromatic N) is 2. The van der Waals surface area contributed by atoms with Gasteiger partial charge in [0.1, 0.15) is 23.0 Å². The maximum absolute atomic E-state index is 13.4. The van der Waals surface area contributed by atoms with Crippen molar-refractivity contribution in [3.63, 3.8) is 0 Å². The van der Waals surface area contributed by atoms with Crippen molar-refractivity contribution in [3.05, 3.63) is 126 Å². The number of aliphatic hydroxyl groups excluding tert-OH is 1. The minimum absolute atomic E-state index is 0.0257. The number of hydrogen-bond acceptors (Lipinski definition) is 6. The average Bonchev–Trinajstić information content (AvgIpc) is 3.19. The van der Waals surface area contributed by atoms with Gasteiger partial charge in [-0.25, -0.2) is 0 Å². The van der Waals surface area contributed by atoms with E-state index in [0.29, 0.717) is 34.1 Å². The molecule has 184 valence electrons. The first-order valence-electron chi connectivity index (χ1n) is 11.7. The van der Waals surface area contributed by atoms with Crippen LogP contribution >= 0.6 is 0 Å². The van der Waals surface area contributed by atoms with Crippen molar-refractivity contribution >= 4 is 17.4 Å². The zero-order valence-corrected chi connectivity index (χ0v) is 20.1. The number of carbonyl (C=O) groups is 2. The molecular weight excluding hydrogens is 468 g/mol. The lowest BCUT2D eigenvalue weighted by molar-refractivity contribution is -0.140. The number of pyridine rings is 1. The molecule has 4 aromatic rings. The fraction of sp³-hybridized carbons (Fsp3) is 0.100. The minimum atomic E-state index is -0.869. The molecule has 0 spiro atoms. The SMILES string of the molecule is COc1ccccc1/C(O)=C1/C(=O)C(=O)N(Cc2ccccn2)C1c1cccc(Oc2ccccc2)c1. The molecule has 0 saturated carbocycles. The number of carbonyl (C=O) groups excluding carboxylic acids is 2. The number of methoxy groups -OCH3 is 1. The summed E-state index contributed by atoms with van der Waals surface area (Å²) in [4.78, 5) is 32.4. The summed E-state index contributed by atoms with van der Waals surface area (Å²) in [5.74, 6) is -0.240. The van der Waals surface area contributed by atoms with Crippen molar-refractivity contribution in [1.82, 2.24) is 9.88 Å². The fourth-order valence-electron chi connectivity index (χ4n) is 4.41. The van der Waals surface area contributed by atoms with E-state index in [9.17, 15) is 14.7 Å². The summed E-state index contributed by atoms with van der Waals surface area (Å²) in [6.45, 7) is 0.0859. The second-order valence-corrected chi connectivity index (χ2v) is 8.44. The van der Waals surface area contributed by atoms with Crippen LogP contribution in [0.3, 0.4) is 0 Å². The van der Waals surface area contributed by atoms with Crippen molar-refractivity contribution in [2.75, 3.05) is 7.11 Å². The Morgan fingerprint density at radius 3 is 2.38 bits per heavy atom. The van der Waals surface area contributed by atoms with E-state index in [1.807, 2.05) is 36.4 Å². The predicted octanol–water partition coefficient (Wildman–Crippen LogP) is 5.50. The molecule has 0 aliphatic carbocycles. The van der Waals surface area contributed by atoms with E-state index in [4.69, 9.17) is 9.47 Å². The summed E-state index contributed by atoms with van der Waals surface area (Å²) < 4.78 is 11.4. The molecule has 7 heteroatoms. The number of aliphatic hydroxyl groups is 1. The number of likely N-dealkylation sites (tertiary alicyclic amines) is 1. The number of para-hydroxylation sites is 2. The van der Waals surface area contributed by atoms with E-state index in [2.05, 4.69) is 4.98 Å². The van der Waals surface area contributed by atoms with E-state index in [1.54, 1.807) is 66.9 Å². The second kappa shape index (κ2) is 10.4. The van der Waals surface area contributed by atoms with Gasteiger partial charge in [-0.1, -0.05) is 48.5 Å². The average molecular weight is 493 g/mol. The topological polar surface area (TPSA) is 89.0 Å². The molecule has 3 aromatic carbocycles. The van der Waals surface area contributed by atoms with Crippen LogP contribution in [0.5, 0.6) is 17.2 Å². The number of ether oxygens (including phenoxy) is 2. The van der Waals surface area contributed by atoms with E-state index in [-0.39, 0.29) is 17.9 Å². The molecule has 1 fully saturated rings. The van der Waals surface area contributed by atoms with E-state index < -0.39 is 17.7 Å². The maximum Gasteiger partial charge on any atom is 0.296 e. The molecule has 1 N–H and O–H groups in total. The molecule has 1 aliphatic rings. The van der Waals surface area contributed by atoms with Gasteiger partial charge in [-0.3, -0.25) is 14.6 Å². The number of rotatable bonds is 7. The molecule has 1 aromatic heterocycles. The van der Waals surface area contributed by atoms with Crippen LogP contribution in [0.4, 0.5) is 0 Å². The van der Waals surface area contributed by atoms with Crippen molar-refractivity contribution in [1.29, 1.82) is 0 Å². The fourth-order valence-corrected chi connectivity index (χ4v) is 4.41. The van der Waals surface area contributed by atoms with Crippen molar-refractivity contribution in [2.45, 2.75) is 12.6 Å². The summed E-state index contributed by atoms with van der Waals surface area (Å²) in [6, 6.07) is 27.8. The van der Waals surface area contributed by atoms with Gasteiger partial charge in [-0.15, -0.1) is 0 Å². The normalized spacial score (nSPS) is 16.6. The largest absolute Gasteiger partial charge is 0.507 e. The Labute approximate surface area is 214 Å². The highest BCUT2D eigenvalue weighted by molar-refractivity contribution is 6.46. The Morgan fingerprint density at radius 1 is 0.892 bits per heavy atom. The lowest BCUT2D eigenvalue weighted by atomic mass is 9.94. The second-order valence-electron chi connectivity index (χ2n) is 8.44. The summed E-state index contributed by atoms with van der Waals surface area (Å²) >= 11 is 0. The number of Topliss-reactive ketones (excluding diaryl/α,β-unsaturated/α-hetero) is 1. The Morgan fingerprint density at radius 2 is 1.62 bits per heavy atom. The summed E-state index contributed by atoms with van der Waals surface area (Å²) in [5, 5.41) is 11.4. The number of benzene rings is 3. The molecule has 1 saturated heterocycles. The smallest absolute Gasteiger partial charge is 0.296 e. The van der Waals surface area contributed by atoms with E-state index >= 15 is 0 Å². The summed E-state index contributed by atoms with van der Waals surface area (Å²) in [6.07, 6.45) is 1.63. The van der Waals surface area contributed by atoms with Crippen LogP contribution in [-0.2, 0) is 16.1 Å². The van der Waals surface area contributed by atoms with Crippen LogP contribution in [0.15, 0.2) is 109 Å². The van der Waals surface area contributed by atoms with Crippen LogP contribution < -0.4 is 9.47 Å². The van der Waals surface area contributed by atoms with Crippen molar-refractivity contribution in [2.24, 2.45) is 0 Å². The molecular formula is C30H24N2O5.